The van der Waals surface area contributed by atoms with Gasteiger partial charge < -0.3 is 15.6 Å². The molecule has 0 radical (unpaired) electrons. The molecule has 1 aliphatic carbocycles. The molecule has 2 aromatic rings. The molecule has 0 saturated heterocycles. The summed E-state index contributed by atoms with van der Waals surface area (Å²) in [6, 6.07) is 6.22. The van der Waals surface area contributed by atoms with Gasteiger partial charge >= 0.3 is 0 Å². The van der Waals surface area contributed by atoms with Crippen LogP contribution in [0.3, 0.4) is 0 Å². The van der Waals surface area contributed by atoms with Gasteiger partial charge in [0.25, 0.3) is 17.4 Å². The number of anilines is 1. The number of hydrogen-bond donors (Lipinski definition) is 3. The third-order valence-electron chi connectivity index (χ3n) is 3.23. The summed E-state index contributed by atoms with van der Waals surface area (Å²) < 4.78 is 0. The van der Waals surface area contributed by atoms with Crippen molar-refractivity contribution in [2.75, 3.05) is 5.32 Å². The Morgan fingerprint density at radius 3 is 2.77 bits per heavy atom. The third kappa shape index (κ3) is 3.20. The van der Waals surface area contributed by atoms with Gasteiger partial charge in [0.1, 0.15) is 11.4 Å². The number of rotatable bonds is 4. The molecule has 3 rings (SSSR count). The van der Waals surface area contributed by atoms with Crippen molar-refractivity contribution in [3.8, 4) is 0 Å². The van der Waals surface area contributed by atoms with E-state index in [0.717, 1.165) is 12.8 Å². The first-order valence-corrected chi connectivity index (χ1v) is 6.89. The van der Waals surface area contributed by atoms with Crippen molar-refractivity contribution in [1.29, 1.82) is 0 Å². The Bertz CT molecular complexity index is 780. The number of hydrogen-bond acceptors (Lipinski definition) is 4. The summed E-state index contributed by atoms with van der Waals surface area (Å²) in [6.45, 7) is 0. The van der Waals surface area contributed by atoms with Crippen LogP contribution in [0.4, 0.5) is 5.69 Å². The number of carbonyl (C=O) groups is 2. The molecule has 1 saturated carbocycles. The van der Waals surface area contributed by atoms with Crippen molar-refractivity contribution in [1.82, 2.24) is 15.3 Å². The fraction of sp³-hybridized carbons (Fsp3) is 0.200. The van der Waals surface area contributed by atoms with Crippen molar-refractivity contribution in [2.45, 2.75) is 18.9 Å². The van der Waals surface area contributed by atoms with E-state index < -0.39 is 11.5 Å². The van der Waals surface area contributed by atoms with Gasteiger partial charge in [-0.25, -0.2) is 0 Å². The van der Waals surface area contributed by atoms with Crippen LogP contribution in [0.5, 0.6) is 0 Å². The molecule has 2 aromatic heterocycles. The highest BCUT2D eigenvalue weighted by molar-refractivity contribution is 6.05. The van der Waals surface area contributed by atoms with E-state index in [1.807, 2.05) is 0 Å². The maximum Gasteiger partial charge on any atom is 0.271 e. The van der Waals surface area contributed by atoms with E-state index in [9.17, 15) is 14.4 Å². The average molecular weight is 298 g/mol. The molecule has 112 valence electrons. The number of nitrogens with one attached hydrogen (secondary N) is 3. The molecule has 1 fully saturated rings. The van der Waals surface area contributed by atoms with E-state index in [-0.39, 0.29) is 28.9 Å². The van der Waals surface area contributed by atoms with Crippen LogP contribution in [-0.4, -0.2) is 27.8 Å². The third-order valence-corrected chi connectivity index (χ3v) is 3.23. The Labute approximate surface area is 125 Å². The molecule has 0 aliphatic heterocycles. The van der Waals surface area contributed by atoms with Crippen LogP contribution < -0.4 is 16.2 Å². The van der Waals surface area contributed by atoms with E-state index in [1.54, 1.807) is 6.07 Å². The second kappa shape index (κ2) is 5.80. The number of nitrogens with zero attached hydrogens (tertiary/aromatic N) is 1. The summed E-state index contributed by atoms with van der Waals surface area (Å²) in [6.07, 6.45) is 4.82. The first-order chi connectivity index (χ1) is 10.6. The first-order valence-electron chi connectivity index (χ1n) is 6.89. The Morgan fingerprint density at radius 2 is 2.05 bits per heavy atom. The number of pyridine rings is 2. The van der Waals surface area contributed by atoms with E-state index >= 15 is 0 Å². The second-order valence-electron chi connectivity index (χ2n) is 5.04. The summed E-state index contributed by atoms with van der Waals surface area (Å²) >= 11 is 0. The van der Waals surface area contributed by atoms with Crippen LogP contribution in [0.2, 0.25) is 0 Å². The number of H-pyrrole nitrogens is 1. The monoisotopic (exact) mass is 298 g/mol. The fourth-order valence-electron chi connectivity index (χ4n) is 1.90. The smallest absolute Gasteiger partial charge is 0.271 e. The molecule has 0 unspecified atom stereocenters. The van der Waals surface area contributed by atoms with Crippen LogP contribution in [0, 0.1) is 0 Å². The summed E-state index contributed by atoms with van der Waals surface area (Å²) in [5.74, 6) is -0.769. The Balaban J connectivity index is 1.76. The predicted octanol–water partition coefficient (Wildman–Crippen LogP) is 0.914. The zero-order valence-electron chi connectivity index (χ0n) is 11.6. The number of amides is 2. The molecule has 0 aromatic carbocycles. The molecule has 2 amide bonds. The van der Waals surface area contributed by atoms with Crippen molar-refractivity contribution in [2.24, 2.45) is 0 Å². The minimum atomic E-state index is -0.473. The molecular formula is C15H14N4O3. The Morgan fingerprint density at radius 1 is 1.23 bits per heavy atom. The van der Waals surface area contributed by atoms with Gasteiger partial charge in [-0.1, -0.05) is 0 Å². The maximum atomic E-state index is 12.2. The van der Waals surface area contributed by atoms with Gasteiger partial charge in [-0.3, -0.25) is 19.4 Å². The van der Waals surface area contributed by atoms with E-state index in [2.05, 4.69) is 20.6 Å². The molecule has 7 nitrogen and oxygen atoms in total. The van der Waals surface area contributed by atoms with Crippen LogP contribution in [0.25, 0.3) is 0 Å². The summed E-state index contributed by atoms with van der Waals surface area (Å²) in [5, 5.41) is 5.31. The zero-order valence-corrected chi connectivity index (χ0v) is 11.6. The molecule has 1 aliphatic rings. The minimum absolute atomic E-state index is 0.147. The van der Waals surface area contributed by atoms with Gasteiger partial charge in [0.15, 0.2) is 0 Å². The molecule has 22 heavy (non-hydrogen) atoms. The van der Waals surface area contributed by atoms with Crippen LogP contribution >= 0.6 is 0 Å². The highest BCUT2D eigenvalue weighted by Gasteiger charge is 2.24. The van der Waals surface area contributed by atoms with Gasteiger partial charge in [-0.2, -0.15) is 0 Å². The highest BCUT2D eigenvalue weighted by Crippen LogP contribution is 2.19. The zero-order chi connectivity index (χ0) is 15.5. The van der Waals surface area contributed by atoms with Crippen molar-refractivity contribution in [3.63, 3.8) is 0 Å². The van der Waals surface area contributed by atoms with Crippen molar-refractivity contribution in [3.05, 3.63) is 58.3 Å². The lowest BCUT2D eigenvalue weighted by molar-refractivity contribution is 0.0946. The van der Waals surface area contributed by atoms with Crippen LogP contribution in [0.15, 0.2) is 41.5 Å². The number of aromatic nitrogens is 2. The molecule has 0 spiro atoms. The number of carbonyl (C=O) groups excluding carboxylic acids is 2. The summed E-state index contributed by atoms with van der Waals surface area (Å²) in [5.41, 5.74) is 0.200. The molecule has 2 heterocycles. The SMILES string of the molecule is O=C(Nc1ccc[nH]c1=O)c1ccnc(C(=O)NC2CC2)c1. The van der Waals surface area contributed by atoms with Gasteiger partial charge in [0.2, 0.25) is 0 Å². The fourth-order valence-corrected chi connectivity index (χ4v) is 1.90. The molecule has 3 N–H and O–H groups in total. The van der Waals surface area contributed by atoms with Crippen molar-refractivity contribution < 1.29 is 9.59 Å². The standard InChI is InChI=1S/C15H14N4O3/c20-13(19-11-2-1-6-17-14(11)21)9-5-7-16-12(8-9)15(22)18-10-3-4-10/h1-2,5-8,10H,3-4H2,(H,17,21)(H,18,22)(H,19,20). The van der Waals surface area contributed by atoms with Gasteiger partial charge in [-0.15, -0.1) is 0 Å². The lowest BCUT2D eigenvalue weighted by Gasteiger charge is -2.06. The normalized spacial score (nSPS) is 13.5. The summed E-state index contributed by atoms with van der Waals surface area (Å²) in [4.78, 5) is 42.1. The predicted molar refractivity (Wildman–Crippen MR) is 79.7 cm³/mol. The maximum absolute atomic E-state index is 12.2. The highest BCUT2D eigenvalue weighted by atomic mass is 16.2. The molecule has 0 atom stereocenters. The van der Waals surface area contributed by atoms with Crippen LogP contribution in [-0.2, 0) is 0 Å². The van der Waals surface area contributed by atoms with Crippen LogP contribution in [0.1, 0.15) is 33.7 Å². The van der Waals surface area contributed by atoms with E-state index in [0.29, 0.717) is 0 Å². The van der Waals surface area contributed by atoms with E-state index in [4.69, 9.17) is 0 Å². The van der Waals surface area contributed by atoms with Crippen molar-refractivity contribution >= 4 is 17.5 Å². The largest absolute Gasteiger partial charge is 0.348 e. The topological polar surface area (TPSA) is 104 Å². The van der Waals surface area contributed by atoms with Gasteiger partial charge in [0, 0.05) is 24.0 Å². The average Bonchev–Trinajstić information content (AvgIpc) is 3.33. The number of aromatic amines is 1. The lowest BCUT2D eigenvalue weighted by Crippen LogP contribution is -2.27. The van der Waals surface area contributed by atoms with Gasteiger partial charge in [-0.05, 0) is 37.1 Å². The Hall–Kier alpha value is -2.96. The lowest BCUT2D eigenvalue weighted by atomic mass is 10.2. The van der Waals surface area contributed by atoms with E-state index in [1.165, 1.54) is 30.6 Å². The molecule has 7 heteroatoms. The first kappa shape index (κ1) is 14.0. The second-order valence-corrected chi connectivity index (χ2v) is 5.04. The quantitative estimate of drug-likeness (QED) is 0.780. The minimum Gasteiger partial charge on any atom is -0.348 e. The Kier molecular flexibility index (Phi) is 3.69. The molecule has 0 bridgehead atoms. The van der Waals surface area contributed by atoms with Gasteiger partial charge in [0.05, 0.1) is 0 Å². The summed E-state index contributed by atoms with van der Waals surface area (Å²) in [7, 11) is 0. The molecular weight excluding hydrogens is 284 g/mol.